The fourth-order valence-electron chi connectivity index (χ4n) is 1.28. The predicted octanol–water partition coefficient (Wildman–Crippen LogP) is 3.21. The summed E-state index contributed by atoms with van der Waals surface area (Å²) in [7, 11) is 0. The fourth-order valence-corrected chi connectivity index (χ4v) is 2.43. The first kappa shape index (κ1) is 12.1. The van der Waals surface area contributed by atoms with Crippen molar-refractivity contribution in [3.8, 4) is 0 Å². The Morgan fingerprint density at radius 3 is 2.80 bits per heavy atom. The van der Waals surface area contributed by atoms with E-state index in [4.69, 9.17) is 5.11 Å². The molecule has 3 heteroatoms. The van der Waals surface area contributed by atoms with Gasteiger partial charge >= 0.3 is 5.97 Å². The molecule has 0 aliphatic rings. The first-order valence-corrected chi connectivity index (χ1v) is 6.15. The lowest BCUT2D eigenvalue weighted by Gasteiger charge is -2.06. The summed E-state index contributed by atoms with van der Waals surface area (Å²) in [5, 5.41) is 8.75. The predicted molar refractivity (Wildman–Crippen MR) is 63.4 cm³/mol. The molecule has 2 nitrogen and oxygen atoms in total. The largest absolute Gasteiger partial charge is 0.481 e. The molecule has 0 heterocycles. The van der Waals surface area contributed by atoms with Crippen molar-refractivity contribution in [2.45, 2.75) is 31.1 Å². The second-order valence-electron chi connectivity index (χ2n) is 3.38. The maximum absolute atomic E-state index is 10.6. The number of carboxylic acid groups (broad SMARTS) is 1. The zero-order valence-corrected chi connectivity index (χ0v) is 9.72. The van der Waals surface area contributed by atoms with E-state index < -0.39 is 5.97 Å². The number of unbranched alkanes of at least 4 members (excludes halogenated alkanes) is 1. The van der Waals surface area contributed by atoms with Crippen LogP contribution in [0.15, 0.2) is 29.2 Å². The third-order valence-corrected chi connectivity index (χ3v) is 3.27. The molecule has 1 N–H and O–H groups in total. The Morgan fingerprint density at radius 2 is 2.13 bits per heavy atom. The standard InChI is InChI=1S/C12H16O2S/c1-2-3-8-15-11-7-5-4-6-10(11)9-12(13)14/h4-7H,2-3,8-9H2,1H3,(H,13,14). The molecule has 0 saturated carbocycles. The molecule has 0 aliphatic heterocycles. The van der Waals surface area contributed by atoms with Gasteiger partial charge in [-0.25, -0.2) is 0 Å². The second-order valence-corrected chi connectivity index (χ2v) is 4.52. The monoisotopic (exact) mass is 224 g/mol. The molecule has 0 amide bonds. The summed E-state index contributed by atoms with van der Waals surface area (Å²) in [5.41, 5.74) is 0.922. The van der Waals surface area contributed by atoms with Crippen LogP contribution in [0.5, 0.6) is 0 Å². The highest BCUT2D eigenvalue weighted by Gasteiger charge is 2.05. The molecule has 0 atom stereocenters. The molecule has 1 rings (SSSR count). The van der Waals surface area contributed by atoms with Crippen LogP contribution < -0.4 is 0 Å². The topological polar surface area (TPSA) is 37.3 Å². The fraction of sp³-hybridized carbons (Fsp3) is 0.417. The Labute approximate surface area is 94.7 Å². The molecular weight excluding hydrogens is 208 g/mol. The highest BCUT2D eigenvalue weighted by atomic mass is 32.2. The van der Waals surface area contributed by atoms with Gasteiger partial charge in [0.15, 0.2) is 0 Å². The highest BCUT2D eigenvalue weighted by Crippen LogP contribution is 2.23. The number of hydrogen-bond donors (Lipinski definition) is 1. The van der Waals surface area contributed by atoms with Gasteiger partial charge in [-0.05, 0) is 23.8 Å². The molecule has 82 valence electrons. The summed E-state index contributed by atoms with van der Waals surface area (Å²) in [6.45, 7) is 2.16. The first-order chi connectivity index (χ1) is 7.24. The summed E-state index contributed by atoms with van der Waals surface area (Å²) >= 11 is 1.75. The van der Waals surface area contributed by atoms with E-state index in [1.807, 2.05) is 24.3 Å². The van der Waals surface area contributed by atoms with Gasteiger partial charge in [0.05, 0.1) is 6.42 Å². The summed E-state index contributed by atoms with van der Waals surface area (Å²) in [5.74, 6) is 0.297. The van der Waals surface area contributed by atoms with E-state index in [2.05, 4.69) is 6.92 Å². The number of aliphatic carboxylic acids is 1. The van der Waals surface area contributed by atoms with E-state index in [0.29, 0.717) is 0 Å². The number of hydrogen-bond acceptors (Lipinski definition) is 2. The van der Waals surface area contributed by atoms with Crippen LogP contribution in [0.3, 0.4) is 0 Å². The number of thioether (sulfide) groups is 1. The quantitative estimate of drug-likeness (QED) is 0.595. The number of carboxylic acids is 1. The van der Waals surface area contributed by atoms with E-state index in [1.165, 1.54) is 12.8 Å². The third kappa shape index (κ3) is 4.38. The maximum atomic E-state index is 10.6. The summed E-state index contributed by atoms with van der Waals surface area (Å²) in [6, 6.07) is 7.74. The van der Waals surface area contributed by atoms with Crippen molar-refractivity contribution in [1.82, 2.24) is 0 Å². The smallest absolute Gasteiger partial charge is 0.307 e. The van der Waals surface area contributed by atoms with Crippen LogP contribution in [0.2, 0.25) is 0 Å². The van der Waals surface area contributed by atoms with Gasteiger partial charge in [0.25, 0.3) is 0 Å². The zero-order chi connectivity index (χ0) is 11.1. The van der Waals surface area contributed by atoms with E-state index in [1.54, 1.807) is 11.8 Å². The lowest BCUT2D eigenvalue weighted by Crippen LogP contribution is -2.01. The molecule has 0 unspecified atom stereocenters. The van der Waals surface area contributed by atoms with Gasteiger partial charge in [0.1, 0.15) is 0 Å². The lowest BCUT2D eigenvalue weighted by molar-refractivity contribution is -0.136. The molecule has 0 aliphatic carbocycles. The maximum Gasteiger partial charge on any atom is 0.307 e. The normalized spacial score (nSPS) is 10.2. The van der Waals surface area contributed by atoms with Crippen LogP contribution in [0.1, 0.15) is 25.3 Å². The number of benzene rings is 1. The Balaban J connectivity index is 2.64. The molecule has 0 bridgehead atoms. The third-order valence-electron chi connectivity index (χ3n) is 2.07. The summed E-state index contributed by atoms with van der Waals surface area (Å²) < 4.78 is 0. The Morgan fingerprint density at radius 1 is 1.40 bits per heavy atom. The van der Waals surface area contributed by atoms with E-state index in [0.717, 1.165) is 16.2 Å². The van der Waals surface area contributed by atoms with E-state index in [-0.39, 0.29) is 6.42 Å². The molecule has 1 aromatic carbocycles. The van der Waals surface area contributed by atoms with Gasteiger partial charge in [-0.15, -0.1) is 11.8 Å². The van der Waals surface area contributed by atoms with Crippen molar-refractivity contribution in [1.29, 1.82) is 0 Å². The van der Waals surface area contributed by atoms with Gasteiger partial charge in [-0.2, -0.15) is 0 Å². The SMILES string of the molecule is CCCCSc1ccccc1CC(=O)O. The van der Waals surface area contributed by atoms with Crippen LogP contribution in [-0.4, -0.2) is 16.8 Å². The minimum Gasteiger partial charge on any atom is -0.481 e. The Bertz CT molecular complexity index is 323. The highest BCUT2D eigenvalue weighted by molar-refractivity contribution is 7.99. The van der Waals surface area contributed by atoms with Crippen molar-refractivity contribution in [2.75, 3.05) is 5.75 Å². The van der Waals surface area contributed by atoms with Gasteiger partial charge in [-0.1, -0.05) is 31.5 Å². The first-order valence-electron chi connectivity index (χ1n) is 5.16. The van der Waals surface area contributed by atoms with Gasteiger partial charge < -0.3 is 5.11 Å². The van der Waals surface area contributed by atoms with Crippen molar-refractivity contribution in [3.63, 3.8) is 0 Å². The van der Waals surface area contributed by atoms with Crippen LogP contribution in [-0.2, 0) is 11.2 Å². The van der Waals surface area contributed by atoms with Crippen LogP contribution >= 0.6 is 11.8 Å². The lowest BCUT2D eigenvalue weighted by atomic mass is 10.1. The zero-order valence-electron chi connectivity index (χ0n) is 8.90. The van der Waals surface area contributed by atoms with Crippen molar-refractivity contribution in [2.24, 2.45) is 0 Å². The van der Waals surface area contributed by atoms with Crippen molar-refractivity contribution in [3.05, 3.63) is 29.8 Å². The number of rotatable bonds is 6. The summed E-state index contributed by atoms with van der Waals surface area (Å²) in [6.07, 6.45) is 2.47. The summed E-state index contributed by atoms with van der Waals surface area (Å²) in [4.78, 5) is 11.7. The average Bonchev–Trinajstić information content (AvgIpc) is 2.20. The van der Waals surface area contributed by atoms with Gasteiger partial charge in [-0.3, -0.25) is 4.79 Å². The number of carbonyl (C=O) groups is 1. The average molecular weight is 224 g/mol. The van der Waals surface area contributed by atoms with Crippen LogP contribution in [0, 0.1) is 0 Å². The second kappa shape index (κ2) is 6.51. The molecule has 0 aromatic heterocycles. The molecule has 0 radical (unpaired) electrons. The Hall–Kier alpha value is -0.960. The Kier molecular flexibility index (Phi) is 5.26. The van der Waals surface area contributed by atoms with Gasteiger partial charge in [0, 0.05) is 4.90 Å². The van der Waals surface area contributed by atoms with Crippen molar-refractivity contribution >= 4 is 17.7 Å². The molecule has 1 aromatic rings. The van der Waals surface area contributed by atoms with E-state index >= 15 is 0 Å². The molecular formula is C12H16O2S. The molecule has 0 fully saturated rings. The van der Waals surface area contributed by atoms with Crippen LogP contribution in [0.4, 0.5) is 0 Å². The molecule has 0 spiro atoms. The molecule has 0 saturated heterocycles. The van der Waals surface area contributed by atoms with Crippen molar-refractivity contribution < 1.29 is 9.90 Å². The van der Waals surface area contributed by atoms with E-state index in [9.17, 15) is 4.79 Å². The van der Waals surface area contributed by atoms with Crippen LogP contribution in [0.25, 0.3) is 0 Å². The van der Waals surface area contributed by atoms with Gasteiger partial charge in [0.2, 0.25) is 0 Å². The minimum atomic E-state index is -0.765. The minimum absolute atomic E-state index is 0.120. The molecule has 15 heavy (non-hydrogen) atoms.